The van der Waals surface area contributed by atoms with Crippen LogP contribution in [0.3, 0.4) is 0 Å². The molecule has 6 amide bonds. The zero-order chi connectivity index (χ0) is 23.2. The van der Waals surface area contributed by atoms with Gasteiger partial charge in [0.15, 0.2) is 0 Å². The first-order valence-corrected chi connectivity index (χ1v) is 12.6. The molecule has 1 aliphatic rings. The fourth-order valence-electron chi connectivity index (χ4n) is 2.42. The van der Waals surface area contributed by atoms with Crippen LogP contribution in [0.25, 0.3) is 0 Å². The molecular weight excluding hydrogens is 640 g/mol. The first-order valence-electron chi connectivity index (χ1n) is 9.53. The van der Waals surface area contributed by atoms with Crippen molar-refractivity contribution in [3.8, 4) is 0 Å². The molecule has 1 rings (SSSR count). The highest BCUT2D eigenvalue weighted by Gasteiger charge is 2.32. The van der Waals surface area contributed by atoms with Crippen LogP contribution in [0.2, 0.25) is 0 Å². The number of hydrogen-bond acceptors (Lipinski definition) is 7. The Labute approximate surface area is 206 Å². The van der Waals surface area contributed by atoms with Gasteiger partial charge >= 0.3 is 12.0 Å². The van der Waals surface area contributed by atoms with Gasteiger partial charge in [0.2, 0.25) is 11.8 Å². The fraction of sp³-hybridized carbons (Fsp3) is 0.647. The Balaban J connectivity index is 2.38. The molecule has 0 aliphatic carbocycles. The third-order valence-electron chi connectivity index (χ3n) is 3.97. The van der Waals surface area contributed by atoms with E-state index in [1.165, 1.54) is 4.90 Å². The highest BCUT2D eigenvalue weighted by Crippen LogP contribution is 2.12. The van der Waals surface area contributed by atoms with Crippen LogP contribution in [0.1, 0.15) is 25.7 Å². The zero-order valence-electron chi connectivity index (χ0n) is 16.8. The largest absolute Gasteiger partial charge is 0.354 e. The van der Waals surface area contributed by atoms with Crippen molar-refractivity contribution in [3.63, 3.8) is 0 Å². The Morgan fingerprint density at radius 1 is 0.871 bits per heavy atom. The van der Waals surface area contributed by atoms with Crippen molar-refractivity contribution < 1.29 is 33.6 Å². The van der Waals surface area contributed by atoms with E-state index in [0.29, 0.717) is 13.9 Å². The molecule has 1 saturated heterocycles. The second-order valence-corrected chi connectivity index (χ2v) is 7.86. The molecular formula is C17H25I2N5O7. The van der Waals surface area contributed by atoms with Crippen molar-refractivity contribution >= 4 is 80.8 Å². The molecule has 0 saturated carbocycles. The maximum atomic E-state index is 12.4. The second kappa shape index (κ2) is 15.1. The number of alkyl halides is 2. The van der Waals surface area contributed by atoms with E-state index in [9.17, 15) is 28.8 Å². The van der Waals surface area contributed by atoms with Crippen LogP contribution >= 0.6 is 45.2 Å². The number of imide groups is 1. The molecule has 0 unspecified atom stereocenters. The molecule has 1 heterocycles. The SMILES string of the molecule is O=C(CI)NCCN(CCNC(=O)CI)C(=O)NCCCC(=O)ON1C(=O)CCC1=O. The third kappa shape index (κ3) is 10.9. The van der Waals surface area contributed by atoms with Crippen LogP contribution in [0.5, 0.6) is 0 Å². The van der Waals surface area contributed by atoms with Crippen molar-refractivity contribution in [2.45, 2.75) is 25.7 Å². The van der Waals surface area contributed by atoms with Crippen molar-refractivity contribution in [3.05, 3.63) is 0 Å². The van der Waals surface area contributed by atoms with Gasteiger partial charge in [-0.3, -0.25) is 19.2 Å². The first-order chi connectivity index (χ1) is 14.8. The van der Waals surface area contributed by atoms with Crippen LogP contribution in [0.15, 0.2) is 0 Å². The van der Waals surface area contributed by atoms with Crippen LogP contribution in [0.4, 0.5) is 4.79 Å². The predicted molar refractivity (Wildman–Crippen MR) is 125 cm³/mol. The maximum absolute atomic E-state index is 12.4. The molecule has 14 heteroatoms. The zero-order valence-corrected chi connectivity index (χ0v) is 21.1. The number of amides is 6. The van der Waals surface area contributed by atoms with Crippen molar-refractivity contribution in [2.24, 2.45) is 0 Å². The van der Waals surface area contributed by atoms with E-state index in [2.05, 4.69) is 16.0 Å². The van der Waals surface area contributed by atoms with Crippen LogP contribution in [0, 0.1) is 0 Å². The van der Waals surface area contributed by atoms with Gasteiger partial charge in [-0.05, 0) is 6.42 Å². The lowest BCUT2D eigenvalue weighted by Gasteiger charge is -2.23. The highest BCUT2D eigenvalue weighted by atomic mass is 127. The van der Waals surface area contributed by atoms with E-state index in [4.69, 9.17) is 4.84 Å². The van der Waals surface area contributed by atoms with Gasteiger partial charge in [0, 0.05) is 52.0 Å². The van der Waals surface area contributed by atoms with Gasteiger partial charge in [0.05, 0.1) is 8.86 Å². The third-order valence-corrected chi connectivity index (χ3v) is 5.36. The summed E-state index contributed by atoms with van der Waals surface area (Å²) in [4.78, 5) is 75.9. The fourth-order valence-corrected chi connectivity index (χ4v) is 2.95. The molecule has 0 aromatic heterocycles. The van der Waals surface area contributed by atoms with E-state index in [1.807, 2.05) is 45.2 Å². The quantitative estimate of drug-likeness (QED) is 0.104. The van der Waals surface area contributed by atoms with Crippen LogP contribution in [-0.2, 0) is 28.8 Å². The summed E-state index contributed by atoms with van der Waals surface area (Å²) in [6.07, 6.45) is 0.198. The summed E-state index contributed by atoms with van der Waals surface area (Å²) in [5.41, 5.74) is 0. The minimum Gasteiger partial charge on any atom is -0.354 e. The molecule has 12 nitrogen and oxygen atoms in total. The smallest absolute Gasteiger partial charge is 0.333 e. The van der Waals surface area contributed by atoms with E-state index in [-0.39, 0.29) is 70.2 Å². The van der Waals surface area contributed by atoms with Gasteiger partial charge in [-0.1, -0.05) is 45.2 Å². The topological polar surface area (TPSA) is 154 Å². The monoisotopic (exact) mass is 665 g/mol. The molecule has 0 radical (unpaired) electrons. The lowest BCUT2D eigenvalue weighted by molar-refractivity contribution is -0.197. The lowest BCUT2D eigenvalue weighted by atomic mass is 10.3. The Hall–Kier alpha value is -1.72. The Morgan fingerprint density at radius 2 is 1.39 bits per heavy atom. The Kier molecular flexibility index (Phi) is 13.3. The number of halogens is 2. The summed E-state index contributed by atoms with van der Waals surface area (Å²) < 4.78 is 0.612. The average Bonchev–Trinajstić information content (AvgIpc) is 3.06. The summed E-state index contributed by atoms with van der Waals surface area (Å²) in [5, 5.41) is 8.49. The van der Waals surface area contributed by atoms with Gasteiger partial charge in [-0.25, -0.2) is 9.59 Å². The number of urea groups is 1. The standard InChI is InChI=1S/C17H25I2N5O7/c18-10-12(25)20-6-8-23(9-7-21-13(26)11-19)17(30)22-5-1-2-16(29)31-24-14(27)3-4-15(24)28/h1-11H2,(H,20,25)(H,21,26)(H,22,30). The minimum absolute atomic E-state index is 0.0224. The molecule has 174 valence electrons. The highest BCUT2D eigenvalue weighted by molar-refractivity contribution is 14.1. The number of nitrogens with zero attached hydrogens (tertiary/aromatic N) is 2. The molecule has 0 bridgehead atoms. The lowest BCUT2D eigenvalue weighted by Crippen LogP contribution is -2.47. The van der Waals surface area contributed by atoms with Crippen molar-refractivity contribution in [2.75, 3.05) is 41.6 Å². The van der Waals surface area contributed by atoms with E-state index >= 15 is 0 Å². The summed E-state index contributed by atoms with van der Waals surface area (Å²) in [7, 11) is 0. The van der Waals surface area contributed by atoms with Gasteiger partial charge in [-0.15, -0.1) is 5.06 Å². The number of carbonyl (C=O) groups is 6. The number of nitrogens with one attached hydrogen (secondary N) is 3. The number of hydroxylamine groups is 2. The molecule has 0 atom stereocenters. The Bertz CT molecular complexity index is 654. The van der Waals surface area contributed by atoms with Gasteiger partial charge in [0.1, 0.15) is 0 Å². The molecule has 1 aliphatic heterocycles. The van der Waals surface area contributed by atoms with E-state index < -0.39 is 23.8 Å². The minimum atomic E-state index is -0.738. The predicted octanol–water partition coefficient (Wildman–Crippen LogP) is -0.512. The number of rotatable bonds is 13. The molecule has 0 aromatic rings. The van der Waals surface area contributed by atoms with Crippen molar-refractivity contribution in [1.82, 2.24) is 25.9 Å². The number of carbonyl (C=O) groups excluding carboxylic acids is 6. The molecule has 1 fully saturated rings. The maximum Gasteiger partial charge on any atom is 0.333 e. The van der Waals surface area contributed by atoms with E-state index in [1.54, 1.807) is 0 Å². The number of hydrogen-bond donors (Lipinski definition) is 3. The van der Waals surface area contributed by atoms with Crippen LogP contribution < -0.4 is 16.0 Å². The van der Waals surface area contributed by atoms with Crippen molar-refractivity contribution in [1.29, 1.82) is 0 Å². The summed E-state index contributed by atoms with van der Waals surface area (Å²) in [5.74, 6) is -2.13. The van der Waals surface area contributed by atoms with E-state index in [0.717, 1.165) is 0 Å². The van der Waals surface area contributed by atoms with Crippen LogP contribution in [-0.4, -0.2) is 87.2 Å². The van der Waals surface area contributed by atoms with Gasteiger partial charge in [-0.2, -0.15) is 0 Å². The average molecular weight is 665 g/mol. The Morgan fingerprint density at radius 3 is 1.87 bits per heavy atom. The molecule has 0 spiro atoms. The summed E-state index contributed by atoms with van der Waals surface area (Å²) >= 11 is 3.86. The second-order valence-electron chi connectivity index (χ2n) is 6.33. The van der Waals surface area contributed by atoms with Gasteiger partial charge < -0.3 is 25.7 Å². The molecule has 3 N–H and O–H groups in total. The summed E-state index contributed by atoms with van der Waals surface area (Å²) in [6, 6.07) is -0.411. The van der Waals surface area contributed by atoms with Gasteiger partial charge in [0.25, 0.3) is 11.8 Å². The normalized spacial score (nSPS) is 13.0. The summed E-state index contributed by atoms with van der Waals surface area (Å²) in [6.45, 7) is 1.18. The molecule has 0 aromatic carbocycles. The molecule has 31 heavy (non-hydrogen) atoms. The first kappa shape index (κ1) is 27.3.